The highest BCUT2D eigenvalue weighted by Gasteiger charge is 2.59. The van der Waals surface area contributed by atoms with Crippen LogP contribution in [0.2, 0.25) is 0 Å². The van der Waals surface area contributed by atoms with Crippen molar-refractivity contribution in [3.8, 4) is 0 Å². The highest BCUT2D eigenvalue weighted by atomic mass is 16.3. The van der Waals surface area contributed by atoms with Crippen molar-refractivity contribution in [2.75, 3.05) is 0 Å². The van der Waals surface area contributed by atoms with Gasteiger partial charge in [-0.2, -0.15) is 10.1 Å². The van der Waals surface area contributed by atoms with E-state index < -0.39 is 0 Å². The van der Waals surface area contributed by atoms with E-state index in [9.17, 15) is 9.59 Å². The Morgan fingerprint density at radius 2 is 1.85 bits per heavy atom. The van der Waals surface area contributed by atoms with Gasteiger partial charge in [-0.25, -0.2) is 0 Å². The van der Waals surface area contributed by atoms with Gasteiger partial charge in [-0.15, -0.1) is 0 Å². The first-order chi connectivity index (χ1) is 9.65. The molecule has 4 unspecified atom stereocenters. The molecule has 4 rings (SSSR count). The summed E-state index contributed by atoms with van der Waals surface area (Å²) in [6, 6.07) is 3.57. The van der Waals surface area contributed by atoms with Gasteiger partial charge >= 0.3 is 0 Å². The number of nitrogens with zero attached hydrogens (tertiary/aromatic N) is 2. The molecule has 2 amide bonds. The molecule has 0 radical (unpaired) electrons. The number of carbonyl (C=O) groups is 2. The second-order valence-corrected chi connectivity index (χ2v) is 5.68. The minimum atomic E-state index is -0.201. The van der Waals surface area contributed by atoms with Gasteiger partial charge in [0.1, 0.15) is 11.5 Å². The third kappa shape index (κ3) is 1.46. The van der Waals surface area contributed by atoms with E-state index in [1.54, 1.807) is 6.07 Å². The minimum absolute atomic E-state index is 0.170. The maximum Gasteiger partial charge on any atom is 0.254 e. The van der Waals surface area contributed by atoms with Gasteiger partial charge in [0, 0.05) is 0 Å². The Balaban J connectivity index is 1.60. The van der Waals surface area contributed by atoms with Crippen molar-refractivity contribution in [3.63, 3.8) is 0 Å². The van der Waals surface area contributed by atoms with E-state index in [-0.39, 0.29) is 35.5 Å². The Bertz CT molecular complexity index is 628. The lowest BCUT2D eigenvalue weighted by atomic mass is 9.85. The second-order valence-electron chi connectivity index (χ2n) is 5.68. The van der Waals surface area contributed by atoms with Crippen molar-refractivity contribution in [3.05, 3.63) is 35.8 Å². The van der Waals surface area contributed by atoms with Crippen LogP contribution in [-0.2, 0) is 9.59 Å². The first kappa shape index (κ1) is 11.6. The zero-order valence-corrected chi connectivity index (χ0v) is 11.0. The van der Waals surface area contributed by atoms with Gasteiger partial charge in [0.15, 0.2) is 0 Å². The topological polar surface area (TPSA) is 62.9 Å². The number of allylic oxidation sites excluding steroid dienone is 2. The highest BCUT2D eigenvalue weighted by molar-refractivity contribution is 6.06. The normalized spacial score (nSPS) is 34.8. The maximum atomic E-state index is 12.3. The number of imide groups is 1. The fourth-order valence-electron chi connectivity index (χ4n) is 3.64. The summed E-state index contributed by atoms with van der Waals surface area (Å²) in [4.78, 5) is 24.7. The monoisotopic (exact) mass is 270 g/mol. The number of fused-ring (bicyclic) bond motifs is 5. The van der Waals surface area contributed by atoms with Gasteiger partial charge in [0.05, 0.1) is 18.1 Å². The van der Waals surface area contributed by atoms with E-state index in [0.717, 1.165) is 17.2 Å². The predicted octanol–water partition coefficient (Wildman–Crippen LogP) is 1.73. The number of hydrogen-bond donors (Lipinski definition) is 0. The van der Waals surface area contributed by atoms with E-state index >= 15 is 0 Å². The average molecular weight is 270 g/mol. The smallest absolute Gasteiger partial charge is 0.254 e. The van der Waals surface area contributed by atoms with E-state index in [0.29, 0.717) is 5.76 Å². The van der Waals surface area contributed by atoms with Gasteiger partial charge in [-0.1, -0.05) is 12.2 Å². The van der Waals surface area contributed by atoms with Gasteiger partial charge in [0.2, 0.25) is 0 Å². The van der Waals surface area contributed by atoms with Gasteiger partial charge in [0.25, 0.3) is 11.8 Å². The van der Waals surface area contributed by atoms with Crippen molar-refractivity contribution in [2.24, 2.45) is 28.8 Å². The lowest BCUT2D eigenvalue weighted by molar-refractivity contribution is -0.140. The van der Waals surface area contributed by atoms with Crippen LogP contribution in [-0.4, -0.2) is 23.0 Å². The number of rotatable bonds is 2. The zero-order valence-electron chi connectivity index (χ0n) is 11.0. The Morgan fingerprint density at radius 3 is 2.40 bits per heavy atom. The highest BCUT2D eigenvalue weighted by Crippen LogP contribution is 2.52. The number of aryl methyl sites for hydroxylation is 1. The number of carbonyl (C=O) groups excluding carboxylic acids is 2. The van der Waals surface area contributed by atoms with Crippen LogP contribution in [0.4, 0.5) is 0 Å². The van der Waals surface area contributed by atoms with Gasteiger partial charge in [-0.05, 0) is 37.3 Å². The zero-order chi connectivity index (χ0) is 13.9. The Hall–Kier alpha value is -2.17. The molecule has 0 N–H and O–H groups in total. The molecule has 1 aromatic rings. The van der Waals surface area contributed by atoms with Crippen LogP contribution in [0.15, 0.2) is 33.8 Å². The SMILES string of the molecule is Cc1ccc(C=NN2C(=O)C3C4C=CC(C4)C3C2=O)o1. The quantitative estimate of drug-likeness (QED) is 0.467. The molecule has 1 saturated heterocycles. The van der Waals surface area contributed by atoms with Gasteiger partial charge in [-0.3, -0.25) is 9.59 Å². The molecule has 4 atom stereocenters. The first-order valence-electron chi connectivity index (χ1n) is 6.82. The molecule has 0 spiro atoms. The van der Waals surface area contributed by atoms with Crippen molar-refractivity contribution >= 4 is 18.0 Å². The summed E-state index contributed by atoms with van der Waals surface area (Å²) in [6.07, 6.45) is 6.50. The molecule has 1 aromatic heterocycles. The maximum absolute atomic E-state index is 12.3. The molecular formula is C15H14N2O3. The standard InChI is InChI=1S/C15H14N2O3/c1-8-2-5-11(20-8)7-16-17-14(18)12-9-3-4-10(6-9)13(12)15(17)19/h2-5,7,9-10,12-13H,6H2,1H3. The van der Waals surface area contributed by atoms with Crippen LogP contribution in [0.25, 0.3) is 0 Å². The van der Waals surface area contributed by atoms with E-state index in [1.807, 2.05) is 13.0 Å². The Labute approximate surface area is 115 Å². The second kappa shape index (κ2) is 3.91. The molecule has 5 heteroatoms. The van der Waals surface area contributed by atoms with Gasteiger partial charge < -0.3 is 4.42 Å². The predicted molar refractivity (Wildman–Crippen MR) is 70.6 cm³/mol. The summed E-state index contributed by atoms with van der Waals surface area (Å²) in [7, 11) is 0. The van der Waals surface area contributed by atoms with E-state index in [2.05, 4.69) is 17.3 Å². The lowest BCUT2D eigenvalue weighted by Gasteiger charge is -2.13. The number of amides is 2. The first-order valence-corrected chi connectivity index (χ1v) is 6.82. The van der Waals surface area contributed by atoms with Crippen molar-refractivity contribution in [1.29, 1.82) is 0 Å². The molecule has 0 aromatic carbocycles. The molecule has 5 nitrogen and oxygen atoms in total. The van der Waals surface area contributed by atoms with Crippen LogP contribution in [0, 0.1) is 30.6 Å². The molecule has 3 aliphatic rings. The molecule has 2 bridgehead atoms. The summed E-state index contributed by atoms with van der Waals surface area (Å²) in [5.74, 6) is 1.000. The van der Waals surface area contributed by atoms with E-state index in [4.69, 9.17) is 4.42 Å². The molecule has 2 fully saturated rings. The Kier molecular flexibility index (Phi) is 2.28. The Morgan fingerprint density at radius 1 is 1.20 bits per heavy atom. The fourth-order valence-corrected chi connectivity index (χ4v) is 3.64. The summed E-state index contributed by atoms with van der Waals surface area (Å²) in [6.45, 7) is 1.83. The number of hydrazone groups is 1. The largest absolute Gasteiger partial charge is 0.460 e. The molecule has 2 aliphatic carbocycles. The van der Waals surface area contributed by atoms with Crippen molar-refractivity contribution in [2.45, 2.75) is 13.3 Å². The van der Waals surface area contributed by atoms with E-state index in [1.165, 1.54) is 6.21 Å². The van der Waals surface area contributed by atoms with Crippen molar-refractivity contribution < 1.29 is 14.0 Å². The van der Waals surface area contributed by atoms with Crippen LogP contribution in [0.1, 0.15) is 17.9 Å². The summed E-state index contributed by atoms with van der Waals surface area (Å²) in [5, 5.41) is 5.06. The molecule has 102 valence electrons. The third-order valence-corrected chi connectivity index (χ3v) is 4.51. The number of hydrogen-bond acceptors (Lipinski definition) is 4. The molecule has 1 aliphatic heterocycles. The third-order valence-electron chi connectivity index (χ3n) is 4.51. The lowest BCUT2D eigenvalue weighted by Crippen LogP contribution is -2.28. The fraction of sp³-hybridized carbons (Fsp3) is 0.400. The van der Waals surface area contributed by atoms with Crippen LogP contribution < -0.4 is 0 Å². The summed E-state index contributed by atoms with van der Waals surface area (Å²) in [5.41, 5.74) is 0. The molecular weight excluding hydrogens is 256 g/mol. The van der Waals surface area contributed by atoms with Crippen LogP contribution in [0.3, 0.4) is 0 Å². The summed E-state index contributed by atoms with van der Waals surface area (Å²) >= 11 is 0. The minimum Gasteiger partial charge on any atom is -0.460 e. The molecule has 1 saturated carbocycles. The number of furan rings is 1. The van der Waals surface area contributed by atoms with Crippen LogP contribution >= 0.6 is 0 Å². The van der Waals surface area contributed by atoms with Crippen LogP contribution in [0.5, 0.6) is 0 Å². The average Bonchev–Trinajstić information content (AvgIpc) is 3.15. The molecule has 2 heterocycles. The summed E-state index contributed by atoms with van der Waals surface area (Å²) < 4.78 is 5.35. The van der Waals surface area contributed by atoms with Crippen molar-refractivity contribution in [1.82, 2.24) is 5.01 Å². The molecule has 20 heavy (non-hydrogen) atoms.